The third kappa shape index (κ3) is 4.15. The summed E-state index contributed by atoms with van der Waals surface area (Å²) in [5.74, 6) is 2.61. The molecule has 1 aliphatic rings. The average Bonchev–Trinajstić information content (AvgIpc) is 2.82. The van der Waals surface area contributed by atoms with Gasteiger partial charge in [0.15, 0.2) is 0 Å². The molecule has 6 nitrogen and oxygen atoms in total. The Morgan fingerprint density at radius 1 is 1.13 bits per heavy atom. The van der Waals surface area contributed by atoms with Crippen LogP contribution < -0.4 is 9.80 Å². The van der Waals surface area contributed by atoms with Gasteiger partial charge >= 0.3 is 0 Å². The van der Waals surface area contributed by atoms with E-state index in [1.54, 1.807) is 6.33 Å². The van der Waals surface area contributed by atoms with Crippen LogP contribution in [0, 0.1) is 5.92 Å². The summed E-state index contributed by atoms with van der Waals surface area (Å²) in [7, 11) is 3.97. The summed E-state index contributed by atoms with van der Waals surface area (Å²) in [5, 5.41) is 0. The van der Waals surface area contributed by atoms with Gasteiger partial charge in [-0.3, -0.25) is 4.98 Å². The second-order valence-electron chi connectivity index (χ2n) is 6.32. The third-order valence-electron chi connectivity index (χ3n) is 4.39. The molecule has 23 heavy (non-hydrogen) atoms. The molecule has 6 heteroatoms. The quantitative estimate of drug-likeness (QED) is 0.862. The molecule has 2 aromatic heterocycles. The van der Waals surface area contributed by atoms with E-state index in [0.717, 1.165) is 36.8 Å². The van der Waals surface area contributed by atoms with Crippen molar-refractivity contribution in [2.45, 2.75) is 25.7 Å². The molecule has 1 saturated heterocycles. The summed E-state index contributed by atoms with van der Waals surface area (Å²) in [5.41, 5.74) is 1.09. The van der Waals surface area contributed by atoms with Gasteiger partial charge in [-0.05, 0) is 37.7 Å². The zero-order valence-electron chi connectivity index (χ0n) is 13.9. The number of hydrogen-bond donors (Lipinski definition) is 0. The lowest BCUT2D eigenvalue weighted by molar-refractivity contribution is 0.466. The highest BCUT2D eigenvalue weighted by Gasteiger charge is 2.19. The molecule has 3 rings (SSSR count). The van der Waals surface area contributed by atoms with Crippen LogP contribution >= 0.6 is 0 Å². The van der Waals surface area contributed by atoms with Crippen LogP contribution in [0.4, 0.5) is 11.6 Å². The van der Waals surface area contributed by atoms with Crippen LogP contribution in [0.1, 0.15) is 25.0 Å². The largest absolute Gasteiger partial charge is 0.361 e. The Morgan fingerprint density at radius 2 is 2.04 bits per heavy atom. The molecule has 3 heterocycles. The van der Waals surface area contributed by atoms with Gasteiger partial charge in [0.2, 0.25) is 0 Å². The Balaban J connectivity index is 1.58. The van der Waals surface area contributed by atoms with Gasteiger partial charge in [0.1, 0.15) is 18.0 Å². The SMILES string of the molecule is CN(C)c1cnc(C[C@H]2CCCN(c3ccncn3)CC2)cn1. The molecule has 1 aliphatic heterocycles. The van der Waals surface area contributed by atoms with E-state index < -0.39 is 0 Å². The van der Waals surface area contributed by atoms with Gasteiger partial charge in [-0.1, -0.05) is 0 Å². The van der Waals surface area contributed by atoms with Crippen molar-refractivity contribution in [2.24, 2.45) is 5.92 Å². The van der Waals surface area contributed by atoms with Crippen molar-refractivity contribution in [3.63, 3.8) is 0 Å². The first-order chi connectivity index (χ1) is 11.2. The lowest BCUT2D eigenvalue weighted by Gasteiger charge is -2.21. The molecule has 0 bridgehead atoms. The topological polar surface area (TPSA) is 58.0 Å². The predicted octanol–water partition coefficient (Wildman–Crippen LogP) is 2.18. The highest BCUT2D eigenvalue weighted by atomic mass is 15.2. The van der Waals surface area contributed by atoms with Crippen molar-refractivity contribution in [2.75, 3.05) is 37.0 Å². The summed E-state index contributed by atoms with van der Waals surface area (Å²) in [6.07, 6.45) is 11.8. The highest BCUT2D eigenvalue weighted by Crippen LogP contribution is 2.23. The molecule has 1 atom stereocenters. The molecule has 0 unspecified atom stereocenters. The molecular weight excluding hydrogens is 288 g/mol. The maximum absolute atomic E-state index is 4.56. The predicted molar refractivity (Wildman–Crippen MR) is 91.6 cm³/mol. The summed E-state index contributed by atoms with van der Waals surface area (Å²) in [6.45, 7) is 2.11. The third-order valence-corrected chi connectivity index (χ3v) is 4.39. The molecule has 0 radical (unpaired) electrons. The van der Waals surface area contributed by atoms with Crippen LogP contribution in [0.25, 0.3) is 0 Å². The minimum Gasteiger partial charge on any atom is -0.361 e. The fraction of sp³-hybridized carbons (Fsp3) is 0.529. The van der Waals surface area contributed by atoms with Crippen LogP contribution in [0.2, 0.25) is 0 Å². The van der Waals surface area contributed by atoms with Crippen LogP contribution in [0.5, 0.6) is 0 Å². The standard InChI is InChI=1S/C17H24N6/c1-22(2)17-12-19-15(11-20-17)10-14-4-3-8-23(9-6-14)16-5-7-18-13-21-16/h5,7,11-14H,3-4,6,8-10H2,1-2H3/t14-/m0/s1. The highest BCUT2D eigenvalue weighted by molar-refractivity contribution is 5.36. The van der Waals surface area contributed by atoms with Crippen LogP contribution in [0.3, 0.4) is 0 Å². The first-order valence-electron chi connectivity index (χ1n) is 8.21. The van der Waals surface area contributed by atoms with E-state index in [0.29, 0.717) is 5.92 Å². The minimum absolute atomic E-state index is 0.668. The molecule has 0 amide bonds. The first kappa shape index (κ1) is 15.6. The summed E-state index contributed by atoms with van der Waals surface area (Å²) in [4.78, 5) is 21.7. The molecular formula is C17H24N6. The molecule has 0 spiro atoms. The van der Waals surface area contributed by atoms with Crippen LogP contribution in [-0.2, 0) is 6.42 Å². The minimum atomic E-state index is 0.668. The monoisotopic (exact) mass is 312 g/mol. The van der Waals surface area contributed by atoms with E-state index in [-0.39, 0.29) is 0 Å². The number of hydrogen-bond acceptors (Lipinski definition) is 6. The molecule has 2 aromatic rings. The van der Waals surface area contributed by atoms with Crippen molar-refractivity contribution in [3.05, 3.63) is 36.7 Å². The van der Waals surface area contributed by atoms with Crippen molar-refractivity contribution in [1.82, 2.24) is 19.9 Å². The summed E-state index contributed by atoms with van der Waals surface area (Å²) < 4.78 is 0. The fourth-order valence-corrected chi connectivity index (χ4v) is 3.05. The van der Waals surface area contributed by atoms with Crippen LogP contribution in [-0.4, -0.2) is 47.1 Å². The molecule has 122 valence electrons. The van der Waals surface area contributed by atoms with Gasteiger partial charge in [-0.15, -0.1) is 0 Å². The van der Waals surface area contributed by atoms with Crippen LogP contribution in [0.15, 0.2) is 31.0 Å². The average molecular weight is 312 g/mol. The second kappa shape index (κ2) is 7.35. The summed E-state index contributed by atoms with van der Waals surface area (Å²) >= 11 is 0. The molecule has 0 aliphatic carbocycles. The molecule has 1 fully saturated rings. The molecule has 0 aromatic carbocycles. The smallest absolute Gasteiger partial charge is 0.146 e. The van der Waals surface area contributed by atoms with Gasteiger partial charge in [-0.25, -0.2) is 15.0 Å². The van der Waals surface area contributed by atoms with Gasteiger partial charge in [0.05, 0.1) is 18.1 Å². The lowest BCUT2D eigenvalue weighted by atomic mass is 9.95. The van der Waals surface area contributed by atoms with Gasteiger partial charge in [0, 0.05) is 33.4 Å². The Hall–Kier alpha value is -2.24. The molecule has 0 saturated carbocycles. The van der Waals surface area contributed by atoms with E-state index in [1.165, 1.54) is 19.3 Å². The first-order valence-corrected chi connectivity index (χ1v) is 8.21. The van der Waals surface area contributed by atoms with E-state index in [9.17, 15) is 0 Å². The van der Waals surface area contributed by atoms with Crippen molar-refractivity contribution < 1.29 is 0 Å². The number of rotatable bonds is 4. The number of aromatic nitrogens is 4. The zero-order chi connectivity index (χ0) is 16.1. The van der Waals surface area contributed by atoms with E-state index >= 15 is 0 Å². The van der Waals surface area contributed by atoms with Crippen molar-refractivity contribution in [3.8, 4) is 0 Å². The lowest BCUT2D eigenvalue weighted by Crippen LogP contribution is -2.25. The second-order valence-corrected chi connectivity index (χ2v) is 6.32. The molecule has 0 N–H and O–H groups in total. The van der Waals surface area contributed by atoms with Gasteiger partial charge < -0.3 is 9.80 Å². The number of anilines is 2. The normalized spacial score (nSPS) is 18.5. The maximum atomic E-state index is 4.56. The van der Waals surface area contributed by atoms with Gasteiger partial charge in [0.25, 0.3) is 0 Å². The Morgan fingerprint density at radius 3 is 2.74 bits per heavy atom. The summed E-state index contributed by atoms with van der Waals surface area (Å²) in [6, 6.07) is 1.99. The van der Waals surface area contributed by atoms with E-state index in [2.05, 4.69) is 24.8 Å². The van der Waals surface area contributed by atoms with E-state index in [4.69, 9.17) is 0 Å². The van der Waals surface area contributed by atoms with Crippen molar-refractivity contribution in [1.29, 1.82) is 0 Å². The van der Waals surface area contributed by atoms with Gasteiger partial charge in [-0.2, -0.15) is 0 Å². The van der Waals surface area contributed by atoms with Crippen molar-refractivity contribution >= 4 is 11.6 Å². The Bertz CT molecular complexity index is 598. The Labute approximate surface area is 137 Å². The maximum Gasteiger partial charge on any atom is 0.146 e. The zero-order valence-corrected chi connectivity index (χ0v) is 13.9. The Kier molecular flexibility index (Phi) is 5.00. The van der Waals surface area contributed by atoms with E-state index in [1.807, 2.05) is 43.7 Å². The number of nitrogens with zero attached hydrogens (tertiary/aromatic N) is 6. The fourth-order valence-electron chi connectivity index (χ4n) is 3.05.